The van der Waals surface area contributed by atoms with Crippen LogP contribution in [0.2, 0.25) is 0 Å². The molecule has 0 bridgehead atoms. The lowest BCUT2D eigenvalue weighted by molar-refractivity contribution is -0.135. The van der Waals surface area contributed by atoms with Crippen LogP contribution in [0.4, 0.5) is 0 Å². The standard InChI is InChI=1S/C19H28N2O2/c1-4-17(15-8-6-5-7-9-15)18(22)20-16-10-12-21(13-11-16)19(23)14(2)3/h5-9,14,16-17H,4,10-13H2,1-3H3,(H,20,22). The maximum absolute atomic E-state index is 12.6. The molecular weight excluding hydrogens is 288 g/mol. The van der Waals surface area contributed by atoms with Gasteiger partial charge in [-0.15, -0.1) is 0 Å². The van der Waals surface area contributed by atoms with Gasteiger partial charge in [0.25, 0.3) is 0 Å². The molecule has 0 spiro atoms. The van der Waals surface area contributed by atoms with Crippen LogP contribution in [0.5, 0.6) is 0 Å². The molecule has 1 aromatic carbocycles. The van der Waals surface area contributed by atoms with Gasteiger partial charge in [-0.2, -0.15) is 0 Å². The first kappa shape index (κ1) is 17.5. The van der Waals surface area contributed by atoms with Crippen LogP contribution >= 0.6 is 0 Å². The average Bonchev–Trinajstić information content (AvgIpc) is 2.56. The van der Waals surface area contributed by atoms with Crippen LogP contribution in [0.15, 0.2) is 30.3 Å². The summed E-state index contributed by atoms with van der Waals surface area (Å²) in [6, 6.07) is 10.1. The van der Waals surface area contributed by atoms with Crippen molar-refractivity contribution in [2.45, 2.75) is 52.0 Å². The van der Waals surface area contributed by atoms with Crippen molar-refractivity contribution < 1.29 is 9.59 Å². The lowest BCUT2D eigenvalue weighted by atomic mass is 9.94. The van der Waals surface area contributed by atoms with Crippen molar-refractivity contribution in [2.24, 2.45) is 5.92 Å². The number of piperidine rings is 1. The topological polar surface area (TPSA) is 49.4 Å². The highest BCUT2D eigenvalue weighted by Crippen LogP contribution is 2.21. The summed E-state index contributed by atoms with van der Waals surface area (Å²) in [6.07, 6.45) is 2.48. The smallest absolute Gasteiger partial charge is 0.227 e. The predicted octanol–water partition coefficient (Wildman–Crippen LogP) is 2.94. The van der Waals surface area contributed by atoms with Gasteiger partial charge in [0, 0.05) is 25.0 Å². The van der Waals surface area contributed by atoms with Crippen LogP contribution < -0.4 is 5.32 Å². The van der Waals surface area contributed by atoms with E-state index in [-0.39, 0.29) is 29.7 Å². The molecule has 1 heterocycles. The number of nitrogens with one attached hydrogen (secondary N) is 1. The molecule has 1 aliphatic heterocycles. The minimum Gasteiger partial charge on any atom is -0.353 e. The molecule has 2 rings (SSSR count). The Morgan fingerprint density at radius 1 is 1.17 bits per heavy atom. The summed E-state index contributed by atoms with van der Waals surface area (Å²) >= 11 is 0. The molecule has 0 aromatic heterocycles. The first-order chi connectivity index (χ1) is 11.0. The largest absolute Gasteiger partial charge is 0.353 e. The molecular formula is C19H28N2O2. The van der Waals surface area contributed by atoms with Gasteiger partial charge in [0.2, 0.25) is 11.8 Å². The van der Waals surface area contributed by atoms with E-state index in [1.807, 2.05) is 56.0 Å². The quantitative estimate of drug-likeness (QED) is 0.908. The van der Waals surface area contributed by atoms with Crippen molar-refractivity contribution in [3.05, 3.63) is 35.9 Å². The maximum atomic E-state index is 12.6. The number of carbonyl (C=O) groups is 2. The monoisotopic (exact) mass is 316 g/mol. The molecule has 1 atom stereocenters. The molecule has 0 radical (unpaired) electrons. The molecule has 1 N–H and O–H groups in total. The van der Waals surface area contributed by atoms with E-state index in [4.69, 9.17) is 0 Å². The second-order valence-electron chi connectivity index (χ2n) is 6.63. The molecule has 126 valence electrons. The van der Waals surface area contributed by atoms with E-state index in [2.05, 4.69) is 5.32 Å². The van der Waals surface area contributed by atoms with Gasteiger partial charge in [-0.05, 0) is 24.8 Å². The van der Waals surface area contributed by atoms with Crippen molar-refractivity contribution in [1.29, 1.82) is 0 Å². The highest BCUT2D eigenvalue weighted by atomic mass is 16.2. The summed E-state index contributed by atoms with van der Waals surface area (Å²) in [4.78, 5) is 26.5. The number of hydrogen-bond donors (Lipinski definition) is 1. The van der Waals surface area contributed by atoms with Gasteiger partial charge in [-0.1, -0.05) is 51.1 Å². The Labute approximate surface area is 139 Å². The van der Waals surface area contributed by atoms with Crippen molar-refractivity contribution in [3.8, 4) is 0 Å². The minimum atomic E-state index is -0.0912. The van der Waals surface area contributed by atoms with Gasteiger partial charge in [0.05, 0.1) is 5.92 Å². The summed E-state index contributed by atoms with van der Waals surface area (Å²) < 4.78 is 0. The summed E-state index contributed by atoms with van der Waals surface area (Å²) in [5.74, 6) is 0.271. The van der Waals surface area contributed by atoms with Gasteiger partial charge >= 0.3 is 0 Å². The second-order valence-corrected chi connectivity index (χ2v) is 6.63. The number of nitrogens with zero attached hydrogens (tertiary/aromatic N) is 1. The number of hydrogen-bond acceptors (Lipinski definition) is 2. The Hall–Kier alpha value is -1.84. The van der Waals surface area contributed by atoms with Crippen molar-refractivity contribution in [3.63, 3.8) is 0 Å². The fourth-order valence-corrected chi connectivity index (χ4v) is 3.17. The van der Waals surface area contributed by atoms with Gasteiger partial charge < -0.3 is 10.2 Å². The van der Waals surface area contributed by atoms with Crippen LogP contribution in [0, 0.1) is 5.92 Å². The Morgan fingerprint density at radius 3 is 2.30 bits per heavy atom. The van der Waals surface area contributed by atoms with Crippen LogP contribution in [0.1, 0.15) is 51.5 Å². The fourth-order valence-electron chi connectivity index (χ4n) is 3.17. The summed E-state index contributed by atoms with van der Waals surface area (Å²) in [7, 11) is 0. The predicted molar refractivity (Wildman–Crippen MR) is 92.1 cm³/mol. The fraction of sp³-hybridized carbons (Fsp3) is 0.579. The van der Waals surface area contributed by atoms with E-state index in [1.54, 1.807) is 0 Å². The first-order valence-corrected chi connectivity index (χ1v) is 8.67. The molecule has 1 saturated heterocycles. The zero-order valence-corrected chi connectivity index (χ0v) is 14.4. The highest BCUT2D eigenvalue weighted by molar-refractivity contribution is 5.84. The van der Waals surface area contributed by atoms with Gasteiger partial charge in [-0.25, -0.2) is 0 Å². The number of amides is 2. The van der Waals surface area contributed by atoms with Gasteiger partial charge in [0.15, 0.2) is 0 Å². The van der Waals surface area contributed by atoms with Crippen molar-refractivity contribution in [1.82, 2.24) is 10.2 Å². The van der Waals surface area contributed by atoms with E-state index in [0.717, 1.165) is 37.9 Å². The third-order valence-electron chi connectivity index (χ3n) is 4.57. The normalized spacial score (nSPS) is 17.1. The molecule has 1 unspecified atom stereocenters. The van der Waals surface area contributed by atoms with Gasteiger partial charge in [-0.3, -0.25) is 9.59 Å². The highest BCUT2D eigenvalue weighted by Gasteiger charge is 2.27. The maximum Gasteiger partial charge on any atom is 0.227 e. The molecule has 23 heavy (non-hydrogen) atoms. The molecule has 2 amide bonds. The third-order valence-corrected chi connectivity index (χ3v) is 4.57. The molecule has 1 fully saturated rings. The lowest BCUT2D eigenvalue weighted by Gasteiger charge is -2.34. The summed E-state index contributed by atoms with van der Waals surface area (Å²) in [5.41, 5.74) is 1.07. The van der Waals surface area contributed by atoms with Crippen LogP contribution in [-0.2, 0) is 9.59 Å². The summed E-state index contributed by atoms with van der Waals surface area (Å²) in [5, 5.41) is 3.18. The number of carbonyl (C=O) groups excluding carboxylic acids is 2. The van der Waals surface area contributed by atoms with Gasteiger partial charge in [0.1, 0.15) is 0 Å². The van der Waals surface area contributed by atoms with E-state index in [1.165, 1.54) is 0 Å². The van der Waals surface area contributed by atoms with Crippen LogP contribution in [-0.4, -0.2) is 35.8 Å². The van der Waals surface area contributed by atoms with E-state index in [9.17, 15) is 9.59 Å². The molecule has 0 aliphatic carbocycles. The lowest BCUT2D eigenvalue weighted by Crippen LogP contribution is -2.48. The molecule has 4 heteroatoms. The second kappa shape index (κ2) is 8.14. The average molecular weight is 316 g/mol. The SMILES string of the molecule is CCC(C(=O)NC1CCN(C(=O)C(C)C)CC1)c1ccccc1. The van der Waals surface area contributed by atoms with Crippen molar-refractivity contribution >= 4 is 11.8 Å². The van der Waals surface area contributed by atoms with Crippen LogP contribution in [0.25, 0.3) is 0 Å². The zero-order chi connectivity index (χ0) is 16.8. The Balaban J connectivity index is 1.88. The van der Waals surface area contributed by atoms with Crippen LogP contribution in [0.3, 0.4) is 0 Å². The van der Waals surface area contributed by atoms with Crippen molar-refractivity contribution in [2.75, 3.05) is 13.1 Å². The van der Waals surface area contributed by atoms with E-state index < -0.39 is 0 Å². The first-order valence-electron chi connectivity index (χ1n) is 8.67. The molecule has 1 aromatic rings. The molecule has 4 nitrogen and oxygen atoms in total. The number of likely N-dealkylation sites (tertiary alicyclic amines) is 1. The Kier molecular flexibility index (Phi) is 6.20. The minimum absolute atomic E-state index is 0.0451. The third kappa shape index (κ3) is 4.57. The number of benzene rings is 1. The molecule has 0 saturated carbocycles. The van der Waals surface area contributed by atoms with E-state index in [0.29, 0.717) is 0 Å². The Bertz CT molecular complexity index is 519. The zero-order valence-electron chi connectivity index (χ0n) is 14.4. The Morgan fingerprint density at radius 2 is 1.78 bits per heavy atom. The van der Waals surface area contributed by atoms with E-state index >= 15 is 0 Å². The summed E-state index contributed by atoms with van der Waals surface area (Å²) in [6.45, 7) is 7.39. The number of rotatable bonds is 5. The molecule has 1 aliphatic rings.